The predicted molar refractivity (Wildman–Crippen MR) is 99.4 cm³/mol. The summed E-state index contributed by atoms with van der Waals surface area (Å²) in [5.41, 5.74) is 0.927. The monoisotopic (exact) mass is 348 g/mol. The van der Waals surface area contributed by atoms with E-state index in [1.165, 1.54) is 12.8 Å². The van der Waals surface area contributed by atoms with Gasteiger partial charge in [0.05, 0.1) is 0 Å². The van der Waals surface area contributed by atoms with Gasteiger partial charge in [0.25, 0.3) is 0 Å². The van der Waals surface area contributed by atoms with Crippen LogP contribution in [0.3, 0.4) is 0 Å². The van der Waals surface area contributed by atoms with Crippen LogP contribution in [0.4, 0.5) is 4.79 Å². The van der Waals surface area contributed by atoms with Gasteiger partial charge in [-0.05, 0) is 50.8 Å². The van der Waals surface area contributed by atoms with E-state index in [0.29, 0.717) is 13.0 Å². The standard InChI is InChI=1S/C19H32N4O2/c1-15-6-5-9-23(12-15)13-16(2)22-19(25)21-11-17(14-24)10-18-7-3-4-8-20-18/h3-4,7-8,15-17,24H,5-6,9-14H2,1-2H3,(H2,21,22,25). The molecular formula is C19H32N4O2. The summed E-state index contributed by atoms with van der Waals surface area (Å²) in [4.78, 5) is 18.8. The number of hydrogen-bond acceptors (Lipinski definition) is 4. The highest BCUT2D eigenvalue weighted by Gasteiger charge is 2.19. The van der Waals surface area contributed by atoms with Gasteiger partial charge in [0.1, 0.15) is 0 Å². The Morgan fingerprint density at radius 3 is 3.00 bits per heavy atom. The Balaban J connectivity index is 1.68. The first-order valence-electron chi connectivity index (χ1n) is 9.34. The van der Waals surface area contributed by atoms with Gasteiger partial charge in [-0.2, -0.15) is 0 Å². The first kappa shape index (κ1) is 19.7. The third-order valence-electron chi connectivity index (χ3n) is 4.68. The molecule has 2 rings (SSSR count). The molecule has 1 aromatic heterocycles. The average molecular weight is 348 g/mol. The molecular weight excluding hydrogens is 316 g/mol. The summed E-state index contributed by atoms with van der Waals surface area (Å²) in [5, 5.41) is 15.4. The van der Waals surface area contributed by atoms with Crippen LogP contribution in [0.5, 0.6) is 0 Å². The third-order valence-corrected chi connectivity index (χ3v) is 4.68. The first-order valence-corrected chi connectivity index (χ1v) is 9.34. The molecule has 6 nitrogen and oxygen atoms in total. The van der Waals surface area contributed by atoms with Crippen LogP contribution in [0.2, 0.25) is 0 Å². The van der Waals surface area contributed by atoms with Crippen molar-refractivity contribution < 1.29 is 9.90 Å². The van der Waals surface area contributed by atoms with Gasteiger partial charge in [0.15, 0.2) is 0 Å². The molecule has 3 atom stereocenters. The number of likely N-dealkylation sites (tertiary alicyclic amines) is 1. The fourth-order valence-corrected chi connectivity index (χ4v) is 3.41. The van der Waals surface area contributed by atoms with Crippen molar-refractivity contribution in [3.63, 3.8) is 0 Å². The number of aliphatic hydroxyl groups excluding tert-OH is 1. The zero-order valence-corrected chi connectivity index (χ0v) is 15.4. The van der Waals surface area contributed by atoms with E-state index in [1.807, 2.05) is 25.1 Å². The van der Waals surface area contributed by atoms with Crippen LogP contribution in [0, 0.1) is 11.8 Å². The van der Waals surface area contributed by atoms with Crippen LogP contribution >= 0.6 is 0 Å². The molecule has 2 heterocycles. The molecule has 140 valence electrons. The third kappa shape index (κ3) is 7.40. The van der Waals surface area contributed by atoms with Crippen molar-refractivity contribution in [3.8, 4) is 0 Å². The van der Waals surface area contributed by atoms with E-state index in [1.54, 1.807) is 6.20 Å². The molecule has 1 saturated heterocycles. The van der Waals surface area contributed by atoms with Gasteiger partial charge in [0, 0.05) is 50.1 Å². The lowest BCUT2D eigenvalue weighted by atomic mass is 10.00. The Labute approximate surface area is 151 Å². The Morgan fingerprint density at radius 1 is 1.48 bits per heavy atom. The maximum atomic E-state index is 12.1. The Morgan fingerprint density at radius 2 is 2.32 bits per heavy atom. The number of amides is 2. The van der Waals surface area contributed by atoms with Crippen molar-refractivity contribution >= 4 is 6.03 Å². The van der Waals surface area contributed by atoms with E-state index in [2.05, 4.69) is 27.4 Å². The lowest BCUT2D eigenvalue weighted by molar-refractivity contribution is 0.168. The highest BCUT2D eigenvalue weighted by atomic mass is 16.3. The van der Waals surface area contributed by atoms with Crippen molar-refractivity contribution in [2.75, 3.05) is 32.8 Å². The number of piperidine rings is 1. The molecule has 1 aliphatic rings. The Hall–Kier alpha value is -1.66. The molecule has 0 radical (unpaired) electrons. The van der Waals surface area contributed by atoms with Crippen molar-refractivity contribution in [1.29, 1.82) is 0 Å². The number of nitrogens with one attached hydrogen (secondary N) is 2. The van der Waals surface area contributed by atoms with Gasteiger partial charge in [-0.1, -0.05) is 13.0 Å². The molecule has 1 aliphatic heterocycles. The molecule has 1 fully saturated rings. The second kappa shape index (κ2) is 10.4. The molecule has 0 aliphatic carbocycles. The van der Waals surface area contributed by atoms with Crippen LogP contribution in [-0.4, -0.2) is 59.8 Å². The number of aromatic nitrogens is 1. The number of rotatable bonds is 8. The second-order valence-electron chi connectivity index (χ2n) is 7.34. The lowest BCUT2D eigenvalue weighted by Crippen LogP contribution is -2.48. The smallest absolute Gasteiger partial charge is 0.315 e. The number of urea groups is 1. The van der Waals surface area contributed by atoms with Crippen LogP contribution in [0.1, 0.15) is 32.4 Å². The van der Waals surface area contributed by atoms with Crippen LogP contribution in [0.15, 0.2) is 24.4 Å². The van der Waals surface area contributed by atoms with Crippen molar-refractivity contribution in [2.24, 2.45) is 11.8 Å². The molecule has 2 amide bonds. The molecule has 0 spiro atoms. The highest BCUT2D eigenvalue weighted by Crippen LogP contribution is 2.15. The van der Waals surface area contributed by atoms with E-state index < -0.39 is 0 Å². The Bertz CT molecular complexity index is 511. The molecule has 3 unspecified atom stereocenters. The van der Waals surface area contributed by atoms with Crippen LogP contribution < -0.4 is 10.6 Å². The first-order chi connectivity index (χ1) is 12.1. The topological polar surface area (TPSA) is 77.5 Å². The van der Waals surface area contributed by atoms with Crippen molar-refractivity contribution in [2.45, 2.75) is 39.2 Å². The molecule has 25 heavy (non-hydrogen) atoms. The highest BCUT2D eigenvalue weighted by molar-refractivity contribution is 5.74. The molecule has 3 N–H and O–H groups in total. The fourth-order valence-electron chi connectivity index (χ4n) is 3.41. The molecule has 6 heteroatoms. The van der Waals surface area contributed by atoms with Crippen LogP contribution in [-0.2, 0) is 6.42 Å². The minimum atomic E-state index is -0.169. The lowest BCUT2D eigenvalue weighted by Gasteiger charge is -2.32. The number of pyridine rings is 1. The molecule has 1 aromatic rings. The minimum absolute atomic E-state index is 0.0259. The minimum Gasteiger partial charge on any atom is -0.396 e. The molecule has 0 aromatic carbocycles. The largest absolute Gasteiger partial charge is 0.396 e. The van der Waals surface area contributed by atoms with Gasteiger partial charge in [-0.15, -0.1) is 0 Å². The average Bonchev–Trinajstić information content (AvgIpc) is 2.59. The predicted octanol–water partition coefficient (Wildman–Crippen LogP) is 1.65. The summed E-state index contributed by atoms with van der Waals surface area (Å²) in [6, 6.07) is 5.67. The van der Waals surface area contributed by atoms with Gasteiger partial charge in [-0.3, -0.25) is 4.98 Å². The van der Waals surface area contributed by atoms with E-state index in [4.69, 9.17) is 0 Å². The number of aliphatic hydroxyl groups is 1. The van der Waals surface area contributed by atoms with Gasteiger partial charge < -0.3 is 20.6 Å². The zero-order chi connectivity index (χ0) is 18.1. The summed E-state index contributed by atoms with van der Waals surface area (Å²) < 4.78 is 0. The fraction of sp³-hybridized carbons (Fsp3) is 0.684. The SMILES string of the molecule is CC1CCCN(CC(C)NC(=O)NCC(CO)Cc2ccccn2)C1. The van der Waals surface area contributed by atoms with Crippen molar-refractivity contribution in [3.05, 3.63) is 30.1 Å². The number of hydrogen-bond donors (Lipinski definition) is 3. The zero-order valence-electron chi connectivity index (χ0n) is 15.4. The normalized spacial score (nSPS) is 20.7. The van der Waals surface area contributed by atoms with Gasteiger partial charge >= 0.3 is 6.03 Å². The number of carbonyl (C=O) groups is 1. The van der Waals surface area contributed by atoms with E-state index in [-0.39, 0.29) is 24.6 Å². The van der Waals surface area contributed by atoms with E-state index >= 15 is 0 Å². The van der Waals surface area contributed by atoms with E-state index in [0.717, 1.165) is 31.2 Å². The maximum absolute atomic E-state index is 12.1. The number of nitrogens with zero attached hydrogens (tertiary/aromatic N) is 2. The molecule has 0 bridgehead atoms. The van der Waals surface area contributed by atoms with Crippen molar-refractivity contribution in [1.82, 2.24) is 20.5 Å². The van der Waals surface area contributed by atoms with Gasteiger partial charge in [0.2, 0.25) is 0 Å². The van der Waals surface area contributed by atoms with Gasteiger partial charge in [-0.25, -0.2) is 4.79 Å². The summed E-state index contributed by atoms with van der Waals surface area (Å²) in [6.45, 7) is 7.91. The summed E-state index contributed by atoms with van der Waals surface area (Å²) in [5.74, 6) is 0.714. The summed E-state index contributed by atoms with van der Waals surface area (Å²) in [7, 11) is 0. The molecule has 0 saturated carbocycles. The summed E-state index contributed by atoms with van der Waals surface area (Å²) >= 11 is 0. The second-order valence-corrected chi connectivity index (χ2v) is 7.34. The summed E-state index contributed by atoms with van der Waals surface area (Å²) in [6.07, 6.45) is 4.94. The quantitative estimate of drug-likeness (QED) is 0.668. The number of carbonyl (C=O) groups excluding carboxylic acids is 1. The van der Waals surface area contributed by atoms with E-state index in [9.17, 15) is 9.90 Å². The maximum Gasteiger partial charge on any atom is 0.315 e. The van der Waals surface area contributed by atoms with Crippen LogP contribution in [0.25, 0.3) is 0 Å². The Kier molecular flexibility index (Phi) is 8.15.